The number of carbonyl (C=O) groups excluding carboxylic acids is 1. The second kappa shape index (κ2) is 8.66. The van der Waals surface area contributed by atoms with Crippen LogP contribution in [0.25, 0.3) is 0 Å². The smallest absolute Gasteiger partial charge is 0.317 e. The van der Waals surface area contributed by atoms with Crippen molar-refractivity contribution >= 4 is 6.03 Å². The number of hydrogen-bond acceptors (Lipinski definition) is 2. The summed E-state index contributed by atoms with van der Waals surface area (Å²) in [5.41, 5.74) is 1.19. The Bertz CT molecular complexity index is 451. The van der Waals surface area contributed by atoms with Gasteiger partial charge in [-0.3, -0.25) is 0 Å². The number of nitrogens with zero attached hydrogens (tertiary/aromatic N) is 1. The van der Waals surface area contributed by atoms with E-state index in [1.807, 2.05) is 17.0 Å². The Balaban J connectivity index is 1.74. The molecule has 1 aliphatic rings. The van der Waals surface area contributed by atoms with E-state index in [9.17, 15) is 9.90 Å². The van der Waals surface area contributed by atoms with Gasteiger partial charge in [-0.25, -0.2) is 4.79 Å². The fraction of sp³-hybridized carbons (Fsp3) is 0.611. The molecule has 0 spiro atoms. The molecule has 0 radical (unpaired) electrons. The predicted molar refractivity (Wildman–Crippen MR) is 89.1 cm³/mol. The van der Waals surface area contributed by atoms with Crippen molar-refractivity contribution in [1.82, 2.24) is 10.2 Å². The van der Waals surface area contributed by atoms with Gasteiger partial charge < -0.3 is 15.3 Å². The highest BCUT2D eigenvalue weighted by Gasteiger charge is 2.16. The standard InChI is InChI=1S/C18H28N2O2/c1-15(7-8-16-9-11-17(21)12-10-16)19-18(22)20-13-5-3-2-4-6-14-20/h9-12,15,21H,2-8,13-14H2,1H3,(H,19,22). The minimum absolute atomic E-state index is 0.0834. The lowest BCUT2D eigenvalue weighted by Gasteiger charge is -2.27. The average Bonchev–Trinajstić information content (AvgIpc) is 2.46. The number of aromatic hydroxyl groups is 1. The molecule has 1 aromatic rings. The van der Waals surface area contributed by atoms with E-state index < -0.39 is 0 Å². The topological polar surface area (TPSA) is 52.6 Å². The Labute approximate surface area is 133 Å². The van der Waals surface area contributed by atoms with Gasteiger partial charge in [-0.1, -0.05) is 31.4 Å². The molecule has 0 saturated carbocycles. The van der Waals surface area contributed by atoms with Gasteiger partial charge in [-0.15, -0.1) is 0 Å². The highest BCUT2D eigenvalue weighted by Crippen LogP contribution is 2.13. The number of likely N-dealkylation sites (tertiary alicyclic amines) is 1. The van der Waals surface area contributed by atoms with Gasteiger partial charge in [0.25, 0.3) is 0 Å². The summed E-state index contributed by atoms with van der Waals surface area (Å²) in [6.07, 6.45) is 7.83. The summed E-state index contributed by atoms with van der Waals surface area (Å²) in [5.74, 6) is 0.294. The number of urea groups is 1. The molecule has 2 rings (SSSR count). The fourth-order valence-corrected chi connectivity index (χ4v) is 2.87. The quantitative estimate of drug-likeness (QED) is 0.891. The summed E-state index contributed by atoms with van der Waals surface area (Å²) in [6, 6.07) is 7.52. The first-order valence-corrected chi connectivity index (χ1v) is 8.48. The van der Waals surface area contributed by atoms with Crippen LogP contribution in [-0.2, 0) is 6.42 Å². The number of benzene rings is 1. The number of amides is 2. The molecule has 0 bridgehead atoms. The van der Waals surface area contributed by atoms with Crippen LogP contribution < -0.4 is 5.32 Å². The summed E-state index contributed by atoms with van der Waals surface area (Å²) in [7, 11) is 0. The van der Waals surface area contributed by atoms with Crippen molar-refractivity contribution in [1.29, 1.82) is 0 Å². The molecule has 0 aromatic heterocycles. The van der Waals surface area contributed by atoms with E-state index in [0.29, 0.717) is 5.75 Å². The number of rotatable bonds is 4. The van der Waals surface area contributed by atoms with Crippen molar-refractivity contribution in [3.8, 4) is 5.75 Å². The molecular weight excluding hydrogens is 276 g/mol. The third-order valence-corrected chi connectivity index (χ3v) is 4.32. The molecule has 2 N–H and O–H groups in total. The molecule has 22 heavy (non-hydrogen) atoms. The Morgan fingerprint density at radius 3 is 2.36 bits per heavy atom. The van der Waals surface area contributed by atoms with E-state index in [1.54, 1.807) is 12.1 Å². The van der Waals surface area contributed by atoms with E-state index in [2.05, 4.69) is 12.2 Å². The maximum Gasteiger partial charge on any atom is 0.317 e. The summed E-state index contributed by atoms with van der Waals surface area (Å²) in [6.45, 7) is 3.83. The Morgan fingerprint density at radius 1 is 1.14 bits per heavy atom. The monoisotopic (exact) mass is 304 g/mol. The largest absolute Gasteiger partial charge is 0.508 e. The Hall–Kier alpha value is -1.71. The van der Waals surface area contributed by atoms with Gasteiger partial charge in [-0.2, -0.15) is 0 Å². The van der Waals surface area contributed by atoms with Crippen molar-refractivity contribution < 1.29 is 9.90 Å². The molecule has 4 nitrogen and oxygen atoms in total. The number of hydrogen-bond donors (Lipinski definition) is 2. The highest BCUT2D eigenvalue weighted by molar-refractivity contribution is 5.74. The van der Waals surface area contributed by atoms with E-state index in [4.69, 9.17) is 0 Å². The second-order valence-corrected chi connectivity index (χ2v) is 6.31. The first kappa shape index (κ1) is 16.7. The lowest BCUT2D eigenvalue weighted by molar-refractivity contribution is 0.188. The summed E-state index contributed by atoms with van der Waals surface area (Å²) in [5, 5.41) is 12.4. The van der Waals surface area contributed by atoms with Crippen LogP contribution in [-0.4, -0.2) is 35.2 Å². The minimum atomic E-state index is 0.0834. The summed E-state index contributed by atoms with van der Waals surface area (Å²) in [4.78, 5) is 14.3. The van der Waals surface area contributed by atoms with Crippen molar-refractivity contribution in [2.45, 2.75) is 57.9 Å². The first-order valence-electron chi connectivity index (χ1n) is 8.48. The predicted octanol–water partition coefficient (Wildman–Crippen LogP) is 3.69. The van der Waals surface area contributed by atoms with Crippen molar-refractivity contribution in [3.63, 3.8) is 0 Å². The van der Waals surface area contributed by atoms with Gasteiger partial charge >= 0.3 is 6.03 Å². The van der Waals surface area contributed by atoms with Crippen molar-refractivity contribution in [3.05, 3.63) is 29.8 Å². The molecule has 1 aliphatic heterocycles. The van der Waals surface area contributed by atoms with E-state index in [0.717, 1.165) is 38.8 Å². The van der Waals surface area contributed by atoms with Gasteiger partial charge in [0.05, 0.1) is 0 Å². The van der Waals surface area contributed by atoms with Crippen LogP contribution in [0.4, 0.5) is 4.79 Å². The molecule has 1 atom stereocenters. The highest BCUT2D eigenvalue weighted by atomic mass is 16.3. The van der Waals surface area contributed by atoms with Crippen molar-refractivity contribution in [2.75, 3.05) is 13.1 Å². The number of phenolic OH excluding ortho intramolecular Hbond substituents is 1. The van der Waals surface area contributed by atoms with Crippen LogP contribution in [0.5, 0.6) is 5.75 Å². The Morgan fingerprint density at radius 2 is 1.73 bits per heavy atom. The molecule has 1 heterocycles. The van der Waals surface area contributed by atoms with E-state index >= 15 is 0 Å². The third-order valence-electron chi connectivity index (χ3n) is 4.32. The third kappa shape index (κ3) is 5.58. The van der Waals surface area contributed by atoms with Gasteiger partial charge in [-0.05, 0) is 50.3 Å². The molecular formula is C18H28N2O2. The molecule has 1 unspecified atom stereocenters. The fourth-order valence-electron chi connectivity index (χ4n) is 2.87. The number of phenols is 1. The van der Waals surface area contributed by atoms with Gasteiger partial charge in [0.15, 0.2) is 0 Å². The lowest BCUT2D eigenvalue weighted by Crippen LogP contribution is -2.45. The molecule has 4 heteroatoms. The lowest BCUT2D eigenvalue weighted by atomic mass is 10.1. The Kier molecular flexibility index (Phi) is 6.56. The molecule has 0 aliphatic carbocycles. The maximum atomic E-state index is 12.3. The summed E-state index contributed by atoms with van der Waals surface area (Å²) >= 11 is 0. The van der Waals surface area contributed by atoms with Crippen LogP contribution in [0, 0.1) is 0 Å². The van der Waals surface area contributed by atoms with Crippen LogP contribution in [0.15, 0.2) is 24.3 Å². The van der Waals surface area contributed by atoms with Gasteiger partial charge in [0, 0.05) is 19.1 Å². The van der Waals surface area contributed by atoms with Crippen LogP contribution in [0.3, 0.4) is 0 Å². The number of nitrogens with one attached hydrogen (secondary N) is 1. The van der Waals surface area contributed by atoms with Gasteiger partial charge in [0.1, 0.15) is 5.75 Å². The van der Waals surface area contributed by atoms with Crippen LogP contribution >= 0.6 is 0 Å². The van der Waals surface area contributed by atoms with Gasteiger partial charge in [0.2, 0.25) is 0 Å². The zero-order chi connectivity index (χ0) is 15.8. The van der Waals surface area contributed by atoms with Crippen LogP contribution in [0.1, 0.15) is 51.0 Å². The molecule has 2 amide bonds. The maximum absolute atomic E-state index is 12.3. The normalized spacial score (nSPS) is 17.4. The first-order chi connectivity index (χ1) is 10.6. The SMILES string of the molecule is CC(CCc1ccc(O)cc1)NC(=O)N1CCCCCCC1. The second-order valence-electron chi connectivity index (χ2n) is 6.31. The van der Waals surface area contributed by atoms with Crippen molar-refractivity contribution in [2.24, 2.45) is 0 Å². The number of aryl methyl sites for hydroxylation is 1. The summed E-state index contributed by atoms with van der Waals surface area (Å²) < 4.78 is 0. The van der Waals surface area contributed by atoms with E-state index in [-0.39, 0.29) is 12.1 Å². The molecule has 1 fully saturated rings. The molecule has 1 saturated heterocycles. The van der Waals surface area contributed by atoms with E-state index in [1.165, 1.54) is 24.8 Å². The molecule has 122 valence electrons. The minimum Gasteiger partial charge on any atom is -0.508 e. The number of carbonyl (C=O) groups is 1. The van der Waals surface area contributed by atoms with Crippen LogP contribution in [0.2, 0.25) is 0 Å². The molecule has 1 aromatic carbocycles. The zero-order valence-corrected chi connectivity index (χ0v) is 13.6. The average molecular weight is 304 g/mol. The zero-order valence-electron chi connectivity index (χ0n) is 13.6.